The predicted molar refractivity (Wildman–Crippen MR) is 110 cm³/mol. The molecule has 0 unspecified atom stereocenters. The predicted octanol–water partition coefficient (Wildman–Crippen LogP) is 5.52. The van der Waals surface area contributed by atoms with Crippen molar-refractivity contribution in [2.24, 2.45) is 0 Å². The second-order valence-electron chi connectivity index (χ2n) is 5.89. The van der Waals surface area contributed by atoms with Crippen molar-refractivity contribution in [2.45, 2.75) is 6.54 Å². The standard InChI is InChI=1S/C23H17N3O2/c1-3-17-5-4-6-20(15-17)26-23(27)25-19-9-13-22(14-10-19)28-21-11-7-18(8-12-21)16-24-2/h1,4-15H,16H2,(H2,25,26,27). The van der Waals surface area contributed by atoms with Crippen molar-refractivity contribution in [1.82, 2.24) is 0 Å². The molecule has 0 heterocycles. The van der Waals surface area contributed by atoms with Gasteiger partial charge in [-0.2, -0.15) is 0 Å². The van der Waals surface area contributed by atoms with Crippen molar-refractivity contribution in [1.29, 1.82) is 0 Å². The molecule has 3 aromatic carbocycles. The first kappa shape index (κ1) is 18.6. The first-order chi connectivity index (χ1) is 13.7. The van der Waals surface area contributed by atoms with E-state index in [2.05, 4.69) is 21.4 Å². The summed E-state index contributed by atoms with van der Waals surface area (Å²) in [6.45, 7) is 7.23. The van der Waals surface area contributed by atoms with Gasteiger partial charge in [0.25, 0.3) is 0 Å². The van der Waals surface area contributed by atoms with Crippen LogP contribution in [0.15, 0.2) is 72.8 Å². The number of carbonyl (C=O) groups is 1. The highest BCUT2D eigenvalue weighted by atomic mass is 16.5. The summed E-state index contributed by atoms with van der Waals surface area (Å²) in [5, 5.41) is 5.49. The molecule has 28 heavy (non-hydrogen) atoms. The number of terminal acetylenes is 1. The summed E-state index contributed by atoms with van der Waals surface area (Å²) in [7, 11) is 0. The molecule has 0 radical (unpaired) electrons. The average Bonchev–Trinajstić information content (AvgIpc) is 2.71. The van der Waals surface area contributed by atoms with E-state index in [1.807, 2.05) is 24.3 Å². The Morgan fingerprint density at radius 2 is 1.61 bits per heavy atom. The lowest BCUT2D eigenvalue weighted by Crippen LogP contribution is -2.19. The second kappa shape index (κ2) is 8.93. The maximum atomic E-state index is 12.1. The molecule has 0 spiro atoms. The van der Waals surface area contributed by atoms with Gasteiger partial charge in [-0.25, -0.2) is 11.4 Å². The molecule has 0 fully saturated rings. The molecule has 0 saturated carbocycles. The normalized spacial score (nSPS) is 9.64. The summed E-state index contributed by atoms with van der Waals surface area (Å²) in [6, 6.07) is 21.1. The number of anilines is 2. The maximum Gasteiger partial charge on any atom is 0.323 e. The summed E-state index contributed by atoms with van der Waals surface area (Å²) in [5.74, 6) is 3.85. The van der Waals surface area contributed by atoms with Gasteiger partial charge in [0, 0.05) is 22.5 Å². The SMILES string of the molecule is [C-]#[N+]Cc1ccc(Oc2ccc(NC(=O)Nc3cccc(C#C)c3)cc2)cc1. The van der Waals surface area contributed by atoms with Crippen molar-refractivity contribution in [3.63, 3.8) is 0 Å². The average molecular weight is 367 g/mol. The van der Waals surface area contributed by atoms with Gasteiger partial charge in [-0.15, -0.1) is 6.42 Å². The highest BCUT2D eigenvalue weighted by Crippen LogP contribution is 2.23. The molecule has 0 aliphatic rings. The molecule has 5 heteroatoms. The second-order valence-corrected chi connectivity index (χ2v) is 5.89. The number of hydrogen-bond acceptors (Lipinski definition) is 2. The van der Waals surface area contributed by atoms with Crippen LogP contribution in [-0.4, -0.2) is 6.03 Å². The lowest BCUT2D eigenvalue weighted by Gasteiger charge is -2.09. The minimum absolute atomic E-state index is 0.357. The van der Waals surface area contributed by atoms with Crippen LogP contribution in [0, 0.1) is 18.9 Å². The van der Waals surface area contributed by atoms with Crippen LogP contribution >= 0.6 is 0 Å². The molecule has 3 aromatic rings. The Balaban J connectivity index is 1.57. The molecule has 0 bridgehead atoms. The van der Waals surface area contributed by atoms with Gasteiger partial charge in [0.15, 0.2) is 0 Å². The molecule has 2 amide bonds. The van der Waals surface area contributed by atoms with Crippen LogP contribution in [-0.2, 0) is 6.54 Å². The molecular weight excluding hydrogens is 350 g/mol. The lowest BCUT2D eigenvalue weighted by molar-refractivity contribution is 0.262. The van der Waals surface area contributed by atoms with E-state index in [9.17, 15) is 4.79 Å². The summed E-state index contributed by atoms with van der Waals surface area (Å²) in [5.41, 5.74) is 2.89. The fraction of sp³-hybridized carbons (Fsp3) is 0.0435. The molecule has 2 N–H and O–H groups in total. The summed E-state index contributed by atoms with van der Waals surface area (Å²) < 4.78 is 5.77. The van der Waals surface area contributed by atoms with Gasteiger partial charge in [0.05, 0.1) is 0 Å². The molecule has 0 aliphatic heterocycles. The Labute approximate surface area is 163 Å². The van der Waals surface area contributed by atoms with Gasteiger partial charge >= 0.3 is 6.03 Å². The zero-order valence-electron chi connectivity index (χ0n) is 15.0. The molecule has 0 atom stereocenters. The Morgan fingerprint density at radius 3 is 2.25 bits per heavy atom. The van der Waals surface area contributed by atoms with Gasteiger partial charge in [-0.1, -0.05) is 12.0 Å². The summed E-state index contributed by atoms with van der Waals surface area (Å²) in [4.78, 5) is 15.5. The number of ether oxygens (including phenoxy) is 1. The largest absolute Gasteiger partial charge is 0.457 e. The first-order valence-electron chi connectivity index (χ1n) is 8.51. The van der Waals surface area contributed by atoms with E-state index in [0.717, 1.165) is 5.56 Å². The topological polar surface area (TPSA) is 54.7 Å². The number of hydrogen-bond donors (Lipinski definition) is 2. The number of amides is 2. The third-order valence-electron chi connectivity index (χ3n) is 3.82. The van der Waals surface area contributed by atoms with Gasteiger partial charge in [0.2, 0.25) is 6.54 Å². The van der Waals surface area contributed by atoms with E-state index in [4.69, 9.17) is 17.7 Å². The fourth-order valence-corrected chi connectivity index (χ4v) is 2.48. The van der Waals surface area contributed by atoms with E-state index in [1.54, 1.807) is 48.5 Å². The van der Waals surface area contributed by atoms with Gasteiger partial charge in [-0.3, -0.25) is 0 Å². The third-order valence-corrected chi connectivity index (χ3v) is 3.82. The highest BCUT2D eigenvalue weighted by Gasteiger charge is 2.04. The van der Waals surface area contributed by atoms with Crippen LogP contribution in [0.2, 0.25) is 0 Å². The van der Waals surface area contributed by atoms with Gasteiger partial charge in [0.1, 0.15) is 11.5 Å². The van der Waals surface area contributed by atoms with E-state index in [-0.39, 0.29) is 6.03 Å². The van der Waals surface area contributed by atoms with E-state index < -0.39 is 0 Å². The molecule has 136 valence electrons. The number of nitrogens with one attached hydrogen (secondary N) is 2. The Bertz CT molecular complexity index is 1040. The smallest absolute Gasteiger partial charge is 0.323 e. The number of urea groups is 1. The third kappa shape index (κ3) is 5.14. The number of benzene rings is 3. The number of nitrogens with zero attached hydrogens (tertiary/aromatic N) is 1. The molecule has 0 aliphatic carbocycles. The van der Waals surface area contributed by atoms with Crippen molar-refractivity contribution < 1.29 is 9.53 Å². The molecule has 5 nitrogen and oxygen atoms in total. The first-order valence-corrected chi connectivity index (χ1v) is 8.51. The molecule has 0 saturated heterocycles. The van der Waals surface area contributed by atoms with Crippen LogP contribution in [0.1, 0.15) is 11.1 Å². The number of rotatable bonds is 5. The van der Waals surface area contributed by atoms with Crippen molar-refractivity contribution in [2.75, 3.05) is 10.6 Å². The van der Waals surface area contributed by atoms with Gasteiger partial charge < -0.3 is 20.2 Å². The zero-order valence-corrected chi connectivity index (χ0v) is 15.0. The van der Waals surface area contributed by atoms with Crippen LogP contribution in [0.3, 0.4) is 0 Å². The van der Waals surface area contributed by atoms with Crippen LogP contribution < -0.4 is 15.4 Å². The van der Waals surface area contributed by atoms with Crippen molar-refractivity contribution in [3.05, 3.63) is 95.3 Å². The Kier molecular flexibility index (Phi) is 5.92. The van der Waals surface area contributed by atoms with Crippen LogP contribution in [0.25, 0.3) is 4.85 Å². The molecule has 3 rings (SSSR count). The van der Waals surface area contributed by atoms with Crippen LogP contribution in [0.5, 0.6) is 11.5 Å². The monoisotopic (exact) mass is 367 g/mol. The van der Waals surface area contributed by atoms with E-state index in [1.165, 1.54) is 0 Å². The summed E-state index contributed by atoms with van der Waals surface area (Å²) in [6.07, 6.45) is 5.36. The van der Waals surface area contributed by atoms with Crippen LogP contribution in [0.4, 0.5) is 16.2 Å². The quantitative estimate of drug-likeness (QED) is 0.461. The van der Waals surface area contributed by atoms with Crippen molar-refractivity contribution in [3.8, 4) is 23.8 Å². The Morgan fingerprint density at radius 1 is 0.964 bits per heavy atom. The Hall–Kier alpha value is -4.22. The minimum atomic E-state index is -0.363. The van der Waals surface area contributed by atoms with Gasteiger partial charge in [-0.05, 0) is 66.7 Å². The van der Waals surface area contributed by atoms with Crippen molar-refractivity contribution >= 4 is 17.4 Å². The maximum absolute atomic E-state index is 12.1. The molecular formula is C23H17N3O2. The highest BCUT2D eigenvalue weighted by molar-refractivity contribution is 5.99. The fourth-order valence-electron chi connectivity index (χ4n) is 2.48. The van der Waals surface area contributed by atoms with E-state index >= 15 is 0 Å². The lowest BCUT2D eigenvalue weighted by atomic mass is 10.2. The molecule has 0 aromatic heterocycles. The number of carbonyl (C=O) groups excluding carboxylic acids is 1. The zero-order chi connectivity index (χ0) is 19.8. The minimum Gasteiger partial charge on any atom is -0.457 e. The van der Waals surface area contributed by atoms with E-state index in [0.29, 0.717) is 35.0 Å². The summed E-state index contributed by atoms with van der Waals surface area (Å²) >= 11 is 0.